The normalized spacial score (nSPS) is 9.50. The van der Waals surface area contributed by atoms with Crippen LogP contribution in [0.2, 0.25) is 0 Å². The van der Waals surface area contributed by atoms with Gasteiger partial charge in [0.1, 0.15) is 0 Å². The molecule has 108 valence electrons. The molecule has 6 nitrogen and oxygen atoms in total. The fourth-order valence-corrected chi connectivity index (χ4v) is 1.39. The Balaban J connectivity index is 2.69. The minimum atomic E-state index is -0.704. The summed E-state index contributed by atoms with van der Waals surface area (Å²) in [4.78, 5) is 27.3. The molecule has 1 aromatic rings. The average Bonchev–Trinajstić information content (AvgIpc) is 2.45. The Bertz CT molecular complexity index is 451. The molecule has 0 fully saturated rings. The largest absolute Gasteiger partial charge is 0.462 e. The van der Waals surface area contributed by atoms with Crippen LogP contribution in [-0.2, 0) is 25.6 Å². The van der Waals surface area contributed by atoms with E-state index in [0.29, 0.717) is 6.54 Å². The molecule has 0 saturated heterocycles. The number of nitrogens with one attached hydrogen (secondary N) is 1. The standard InChI is InChI=1S/C14H18N2O4/c1-3-19-13(17)12(14(18)20-4-2)10-16-9-11-6-5-7-15-8-11/h5-8,10,16H,3-4,9H2,1-2H3. The lowest BCUT2D eigenvalue weighted by Crippen LogP contribution is -2.21. The van der Waals surface area contributed by atoms with E-state index in [-0.39, 0.29) is 18.8 Å². The van der Waals surface area contributed by atoms with Gasteiger partial charge in [0, 0.05) is 25.1 Å². The van der Waals surface area contributed by atoms with Crippen molar-refractivity contribution in [1.29, 1.82) is 0 Å². The first-order valence-electron chi connectivity index (χ1n) is 6.35. The summed E-state index contributed by atoms with van der Waals surface area (Å²) in [5, 5.41) is 2.88. The highest BCUT2D eigenvalue weighted by atomic mass is 16.6. The third-order valence-electron chi connectivity index (χ3n) is 2.27. The molecular weight excluding hydrogens is 260 g/mol. The second kappa shape index (κ2) is 8.68. The molecule has 1 rings (SSSR count). The van der Waals surface area contributed by atoms with Gasteiger partial charge in [-0.2, -0.15) is 0 Å². The Morgan fingerprint density at radius 1 is 1.25 bits per heavy atom. The summed E-state index contributed by atoms with van der Waals surface area (Å²) >= 11 is 0. The molecule has 0 atom stereocenters. The van der Waals surface area contributed by atoms with Crippen LogP contribution >= 0.6 is 0 Å². The van der Waals surface area contributed by atoms with E-state index in [4.69, 9.17) is 9.47 Å². The van der Waals surface area contributed by atoms with E-state index >= 15 is 0 Å². The van der Waals surface area contributed by atoms with Gasteiger partial charge in [-0.1, -0.05) is 6.07 Å². The summed E-state index contributed by atoms with van der Waals surface area (Å²) in [5.41, 5.74) is 0.772. The second-order valence-corrected chi connectivity index (χ2v) is 3.74. The van der Waals surface area contributed by atoms with Gasteiger partial charge in [-0.05, 0) is 25.5 Å². The molecule has 0 spiro atoms. The van der Waals surface area contributed by atoms with Crippen molar-refractivity contribution in [1.82, 2.24) is 10.3 Å². The van der Waals surface area contributed by atoms with Crippen LogP contribution in [0.4, 0.5) is 0 Å². The van der Waals surface area contributed by atoms with Crippen LogP contribution in [0.25, 0.3) is 0 Å². The quantitative estimate of drug-likeness (QED) is 0.349. The van der Waals surface area contributed by atoms with Gasteiger partial charge >= 0.3 is 11.9 Å². The minimum Gasteiger partial charge on any atom is -0.462 e. The van der Waals surface area contributed by atoms with E-state index in [1.807, 2.05) is 6.07 Å². The van der Waals surface area contributed by atoms with Crippen molar-refractivity contribution < 1.29 is 19.1 Å². The first kappa shape index (κ1) is 15.7. The monoisotopic (exact) mass is 278 g/mol. The molecule has 6 heteroatoms. The zero-order valence-corrected chi connectivity index (χ0v) is 11.6. The number of rotatable bonds is 7. The molecule has 0 unspecified atom stereocenters. The number of pyridine rings is 1. The van der Waals surface area contributed by atoms with Gasteiger partial charge in [0.2, 0.25) is 0 Å². The molecule has 1 N–H and O–H groups in total. The predicted molar refractivity (Wildman–Crippen MR) is 72.4 cm³/mol. The van der Waals surface area contributed by atoms with E-state index in [1.165, 1.54) is 6.20 Å². The first-order valence-corrected chi connectivity index (χ1v) is 6.35. The molecule has 0 aliphatic rings. The van der Waals surface area contributed by atoms with E-state index in [2.05, 4.69) is 10.3 Å². The van der Waals surface area contributed by atoms with Crippen molar-refractivity contribution in [2.45, 2.75) is 20.4 Å². The molecule has 1 aromatic heterocycles. The highest BCUT2D eigenvalue weighted by Gasteiger charge is 2.20. The molecule has 0 aliphatic heterocycles. The van der Waals surface area contributed by atoms with Crippen LogP contribution < -0.4 is 5.32 Å². The Labute approximate surface area is 117 Å². The molecule has 0 amide bonds. The van der Waals surface area contributed by atoms with Gasteiger partial charge in [0.05, 0.1) is 13.2 Å². The third kappa shape index (κ3) is 5.09. The number of nitrogens with zero attached hydrogens (tertiary/aromatic N) is 1. The number of carbonyl (C=O) groups is 2. The second-order valence-electron chi connectivity index (χ2n) is 3.74. The van der Waals surface area contributed by atoms with Gasteiger partial charge in [-0.25, -0.2) is 9.59 Å². The maximum atomic E-state index is 11.7. The maximum Gasteiger partial charge on any atom is 0.347 e. The zero-order chi connectivity index (χ0) is 14.8. The summed E-state index contributed by atoms with van der Waals surface area (Å²) in [5.74, 6) is -1.41. The molecule has 1 heterocycles. The number of aromatic nitrogens is 1. The fourth-order valence-electron chi connectivity index (χ4n) is 1.39. The lowest BCUT2D eigenvalue weighted by molar-refractivity contribution is -0.146. The Morgan fingerprint density at radius 3 is 2.40 bits per heavy atom. The van der Waals surface area contributed by atoms with Gasteiger partial charge < -0.3 is 14.8 Å². The van der Waals surface area contributed by atoms with E-state index in [1.54, 1.807) is 32.3 Å². The van der Waals surface area contributed by atoms with Crippen LogP contribution in [0.3, 0.4) is 0 Å². The van der Waals surface area contributed by atoms with Gasteiger partial charge in [0.15, 0.2) is 5.57 Å². The topological polar surface area (TPSA) is 77.5 Å². The van der Waals surface area contributed by atoms with E-state index < -0.39 is 11.9 Å². The van der Waals surface area contributed by atoms with Crippen LogP contribution in [-0.4, -0.2) is 30.1 Å². The summed E-state index contributed by atoms with van der Waals surface area (Å²) in [6.45, 7) is 4.17. The summed E-state index contributed by atoms with van der Waals surface area (Å²) in [6, 6.07) is 3.68. The van der Waals surface area contributed by atoms with Crippen molar-refractivity contribution in [2.75, 3.05) is 13.2 Å². The predicted octanol–water partition coefficient (Wildman–Crippen LogP) is 1.18. The first-order chi connectivity index (χ1) is 9.69. The molecule has 0 radical (unpaired) electrons. The average molecular weight is 278 g/mol. The van der Waals surface area contributed by atoms with Gasteiger partial charge in [-0.3, -0.25) is 4.98 Å². The number of hydrogen-bond acceptors (Lipinski definition) is 6. The molecule has 0 aliphatic carbocycles. The maximum absolute atomic E-state index is 11.7. The summed E-state index contributed by atoms with van der Waals surface area (Å²) in [7, 11) is 0. The van der Waals surface area contributed by atoms with Crippen LogP contribution in [0.5, 0.6) is 0 Å². The van der Waals surface area contributed by atoms with Crippen molar-refractivity contribution in [3.8, 4) is 0 Å². The van der Waals surface area contributed by atoms with Crippen LogP contribution in [0, 0.1) is 0 Å². The van der Waals surface area contributed by atoms with Gasteiger partial charge in [0.25, 0.3) is 0 Å². The van der Waals surface area contributed by atoms with E-state index in [0.717, 1.165) is 5.56 Å². The smallest absolute Gasteiger partial charge is 0.347 e. The highest BCUT2D eigenvalue weighted by Crippen LogP contribution is 2.02. The zero-order valence-electron chi connectivity index (χ0n) is 11.6. The Hall–Kier alpha value is -2.37. The van der Waals surface area contributed by atoms with Gasteiger partial charge in [-0.15, -0.1) is 0 Å². The molecule has 0 bridgehead atoms. The van der Waals surface area contributed by atoms with Crippen LogP contribution in [0.1, 0.15) is 19.4 Å². The van der Waals surface area contributed by atoms with Crippen molar-refractivity contribution >= 4 is 11.9 Å². The van der Waals surface area contributed by atoms with Crippen LogP contribution in [0.15, 0.2) is 36.3 Å². The number of ether oxygens (including phenoxy) is 2. The number of carbonyl (C=O) groups excluding carboxylic acids is 2. The highest BCUT2D eigenvalue weighted by molar-refractivity contribution is 6.13. The lowest BCUT2D eigenvalue weighted by atomic mass is 10.2. The summed E-state index contributed by atoms with van der Waals surface area (Å²) < 4.78 is 9.63. The molecule has 0 saturated carbocycles. The molecule has 20 heavy (non-hydrogen) atoms. The molecular formula is C14H18N2O4. The third-order valence-corrected chi connectivity index (χ3v) is 2.27. The molecule has 0 aromatic carbocycles. The lowest BCUT2D eigenvalue weighted by Gasteiger charge is -2.07. The van der Waals surface area contributed by atoms with Crippen molar-refractivity contribution in [3.63, 3.8) is 0 Å². The SMILES string of the molecule is CCOC(=O)C(=CNCc1cccnc1)C(=O)OCC. The Kier molecular flexibility index (Phi) is 6.81. The van der Waals surface area contributed by atoms with Crippen molar-refractivity contribution in [3.05, 3.63) is 41.9 Å². The number of hydrogen-bond donors (Lipinski definition) is 1. The Morgan fingerprint density at radius 2 is 1.90 bits per heavy atom. The summed E-state index contributed by atoms with van der Waals surface area (Å²) in [6.07, 6.45) is 4.67. The number of esters is 2. The minimum absolute atomic E-state index is 0.155. The van der Waals surface area contributed by atoms with E-state index in [9.17, 15) is 9.59 Å². The van der Waals surface area contributed by atoms with Crippen molar-refractivity contribution in [2.24, 2.45) is 0 Å². The fraction of sp³-hybridized carbons (Fsp3) is 0.357.